The smallest absolute Gasteiger partial charge is 0.295 e. The maximum atomic E-state index is 13.2. The number of hydrogen-bond acceptors (Lipinski definition) is 5. The van der Waals surface area contributed by atoms with Gasteiger partial charge in [-0.05, 0) is 66.6 Å². The van der Waals surface area contributed by atoms with Crippen LogP contribution in [0.5, 0.6) is 11.5 Å². The van der Waals surface area contributed by atoms with E-state index < -0.39 is 17.7 Å². The molecule has 0 aliphatic carbocycles. The summed E-state index contributed by atoms with van der Waals surface area (Å²) >= 11 is 0. The third-order valence-corrected chi connectivity index (χ3v) is 6.42. The van der Waals surface area contributed by atoms with Crippen LogP contribution < -0.4 is 9.47 Å². The van der Waals surface area contributed by atoms with Gasteiger partial charge in [0, 0.05) is 12.1 Å². The van der Waals surface area contributed by atoms with Crippen molar-refractivity contribution in [3.05, 3.63) is 64.2 Å². The third-order valence-electron chi connectivity index (χ3n) is 6.42. The van der Waals surface area contributed by atoms with E-state index in [1.54, 1.807) is 12.0 Å². The van der Waals surface area contributed by atoms with E-state index in [4.69, 9.17) is 9.47 Å². The van der Waals surface area contributed by atoms with E-state index in [9.17, 15) is 14.7 Å². The highest BCUT2D eigenvalue weighted by atomic mass is 16.5. The molecule has 2 aromatic carbocycles. The Hall–Kier alpha value is -3.28. The second kappa shape index (κ2) is 11.4. The molecule has 0 spiro atoms. The van der Waals surface area contributed by atoms with Crippen molar-refractivity contribution in [3.63, 3.8) is 0 Å². The van der Waals surface area contributed by atoms with Crippen molar-refractivity contribution in [2.24, 2.45) is 0 Å². The highest BCUT2D eigenvalue weighted by Crippen LogP contribution is 2.41. The molecule has 1 N–H and O–H groups in total. The highest BCUT2D eigenvalue weighted by Gasteiger charge is 2.45. The van der Waals surface area contributed by atoms with E-state index in [2.05, 4.69) is 6.92 Å². The number of aliphatic hydroxyl groups is 1. The zero-order valence-corrected chi connectivity index (χ0v) is 21.7. The Bertz CT molecular complexity index is 1100. The maximum Gasteiger partial charge on any atom is 0.295 e. The minimum atomic E-state index is -0.663. The Morgan fingerprint density at radius 2 is 1.77 bits per heavy atom. The Morgan fingerprint density at radius 3 is 2.34 bits per heavy atom. The van der Waals surface area contributed by atoms with E-state index in [1.165, 1.54) is 0 Å². The molecule has 6 nitrogen and oxygen atoms in total. The van der Waals surface area contributed by atoms with Gasteiger partial charge in [-0.1, -0.05) is 46.2 Å². The second-order valence-electron chi connectivity index (χ2n) is 9.33. The summed E-state index contributed by atoms with van der Waals surface area (Å²) in [6.45, 7) is 11.1. The van der Waals surface area contributed by atoms with Gasteiger partial charge in [-0.2, -0.15) is 0 Å². The van der Waals surface area contributed by atoms with E-state index in [-0.39, 0.29) is 17.3 Å². The summed E-state index contributed by atoms with van der Waals surface area (Å²) in [7, 11) is 1.62. The SMILES string of the molecule is CCCCOc1ccc(C2/C(=C(\O)c3cc(C(C)C)c(OC)cc3C)C(=O)C(=O)N2CCC)cc1. The molecule has 6 heteroatoms. The lowest BCUT2D eigenvalue weighted by atomic mass is 9.91. The summed E-state index contributed by atoms with van der Waals surface area (Å²) < 4.78 is 11.3. The quantitative estimate of drug-likeness (QED) is 0.192. The monoisotopic (exact) mass is 479 g/mol. The Balaban J connectivity index is 2.13. The van der Waals surface area contributed by atoms with Gasteiger partial charge in [0.2, 0.25) is 0 Å². The van der Waals surface area contributed by atoms with Crippen LogP contribution in [0.25, 0.3) is 5.76 Å². The lowest BCUT2D eigenvalue weighted by Gasteiger charge is -2.25. The number of ketones is 1. The van der Waals surface area contributed by atoms with Crippen LogP contribution in [0.15, 0.2) is 42.0 Å². The molecule has 3 rings (SSSR count). The molecular weight excluding hydrogens is 442 g/mol. The Morgan fingerprint density at radius 1 is 1.09 bits per heavy atom. The van der Waals surface area contributed by atoms with Gasteiger partial charge in [0.15, 0.2) is 0 Å². The van der Waals surface area contributed by atoms with Crippen LogP contribution >= 0.6 is 0 Å². The average Bonchev–Trinajstić information content (AvgIpc) is 3.09. The van der Waals surface area contributed by atoms with Gasteiger partial charge in [-0.25, -0.2) is 0 Å². The Labute approximate surface area is 208 Å². The normalized spacial score (nSPS) is 17.3. The van der Waals surface area contributed by atoms with Crippen LogP contribution in [0.3, 0.4) is 0 Å². The van der Waals surface area contributed by atoms with Crippen LogP contribution in [0.4, 0.5) is 0 Å². The van der Waals surface area contributed by atoms with Crippen LogP contribution in [-0.2, 0) is 9.59 Å². The number of aliphatic hydroxyl groups excluding tert-OH is 1. The highest BCUT2D eigenvalue weighted by molar-refractivity contribution is 6.46. The summed E-state index contributed by atoms with van der Waals surface area (Å²) in [5.74, 6) is 0.216. The number of hydrogen-bond donors (Lipinski definition) is 1. The molecule has 0 aromatic heterocycles. The van der Waals surface area contributed by atoms with E-state index >= 15 is 0 Å². The van der Waals surface area contributed by atoms with Gasteiger partial charge in [0.1, 0.15) is 17.3 Å². The molecule has 35 heavy (non-hydrogen) atoms. The van der Waals surface area contributed by atoms with Gasteiger partial charge in [0.25, 0.3) is 11.7 Å². The molecule has 1 amide bonds. The predicted octanol–water partition coefficient (Wildman–Crippen LogP) is 6.14. The number of carbonyl (C=O) groups excluding carboxylic acids is 2. The van der Waals surface area contributed by atoms with Crippen molar-refractivity contribution < 1.29 is 24.2 Å². The molecule has 188 valence electrons. The van der Waals surface area contributed by atoms with Crippen molar-refractivity contribution in [3.8, 4) is 11.5 Å². The third kappa shape index (κ3) is 5.37. The van der Waals surface area contributed by atoms with Crippen LogP contribution in [-0.4, -0.2) is 42.0 Å². The van der Waals surface area contributed by atoms with Crippen molar-refractivity contribution in [1.82, 2.24) is 4.90 Å². The summed E-state index contributed by atoms with van der Waals surface area (Å²) in [5.41, 5.74) is 3.10. The summed E-state index contributed by atoms with van der Waals surface area (Å²) in [4.78, 5) is 27.8. The minimum Gasteiger partial charge on any atom is -0.507 e. The zero-order valence-electron chi connectivity index (χ0n) is 21.7. The molecule has 1 atom stereocenters. The largest absolute Gasteiger partial charge is 0.507 e. The topological polar surface area (TPSA) is 76.1 Å². The van der Waals surface area contributed by atoms with Crippen molar-refractivity contribution in [2.45, 2.75) is 65.8 Å². The van der Waals surface area contributed by atoms with Gasteiger partial charge in [-0.3, -0.25) is 9.59 Å². The first-order valence-electron chi connectivity index (χ1n) is 12.4. The fourth-order valence-electron chi connectivity index (χ4n) is 4.51. The number of benzene rings is 2. The first-order valence-corrected chi connectivity index (χ1v) is 12.4. The van der Waals surface area contributed by atoms with Crippen molar-refractivity contribution in [2.75, 3.05) is 20.3 Å². The van der Waals surface area contributed by atoms with Crippen LogP contribution in [0.1, 0.15) is 81.2 Å². The average molecular weight is 480 g/mol. The number of aryl methyl sites for hydroxylation is 1. The first-order chi connectivity index (χ1) is 16.7. The lowest BCUT2D eigenvalue weighted by Crippen LogP contribution is -2.30. The number of ether oxygens (including phenoxy) is 2. The van der Waals surface area contributed by atoms with E-state index in [0.29, 0.717) is 25.1 Å². The first kappa shape index (κ1) is 26.3. The molecule has 0 bridgehead atoms. The molecule has 2 aromatic rings. The van der Waals surface area contributed by atoms with E-state index in [0.717, 1.165) is 41.0 Å². The fraction of sp³-hybridized carbons (Fsp3) is 0.448. The predicted molar refractivity (Wildman–Crippen MR) is 138 cm³/mol. The molecule has 0 saturated carbocycles. The number of carbonyl (C=O) groups is 2. The van der Waals surface area contributed by atoms with E-state index in [1.807, 2.05) is 64.1 Å². The van der Waals surface area contributed by atoms with Gasteiger partial charge >= 0.3 is 0 Å². The van der Waals surface area contributed by atoms with Gasteiger partial charge < -0.3 is 19.5 Å². The van der Waals surface area contributed by atoms with Gasteiger partial charge in [-0.15, -0.1) is 0 Å². The number of Topliss-reactive ketones (excluding diaryl/α,β-unsaturated/α-hetero) is 1. The Kier molecular flexibility index (Phi) is 8.60. The molecule has 0 radical (unpaired) electrons. The van der Waals surface area contributed by atoms with Crippen LogP contribution in [0, 0.1) is 6.92 Å². The second-order valence-corrected chi connectivity index (χ2v) is 9.33. The molecule has 1 fully saturated rings. The number of rotatable bonds is 10. The molecule has 1 unspecified atom stereocenters. The van der Waals surface area contributed by atoms with Gasteiger partial charge in [0.05, 0.1) is 25.3 Å². The number of likely N-dealkylation sites (tertiary alicyclic amines) is 1. The lowest BCUT2D eigenvalue weighted by molar-refractivity contribution is -0.139. The zero-order chi connectivity index (χ0) is 25.7. The molecule has 1 aliphatic rings. The molecule has 1 aliphatic heterocycles. The summed E-state index contributed by atoms with van der Waals surface area (Å²) in [6, 6.07) is 10.5. The van der Waals surface area contributed by atoms with Crippen molar-refractivity contribution >= 4 is 17.4 Å². The summed E-state index contributed by atoms with van der Waals surface area (Å²) in [5, 5.41) is 11.5. The molecule has 1 heterocycles. The molecular formula is C29H37NO5. The molecule has 1 saturated heterocycles. The number of nitrogens with zero attached hydrogens (tertiary/aromatic N) is 1. The standard InChI is InChI=1S/C29H37NO5/c1-7-9-15-35-21-12-10-20(11-13-21)26-25(28(32)29(33)30(26)14-8-2)27(31)23-17-22(18(3)4)24(34-6)16-19(23)5/h10-13,16-18,26,31H,7-9,14-15H2,1-6H3/b27-25+. The number of unbranched alkanes of at least 4 members (excludes halogenated alkanes) is 1. The van der Waals surface area contributed by atoms with Crippen LogP contribution in [0.2, 0.25) is 0 Å². The maximum absolute atomic E-state index is 13.2. The minimum absolute atomic E-state index is 0.117. The van der Waals surface area contributed by atoms with Crippen molar-refractivity contribution in [1.29, 1.82) is 0 Å². The summed E-state index contributed by atoms with van der Waals surface area (Å²) in [6.07, 6.45) is 2.71. The fourth-order valence-corrected chi connectivity index (χ4v) is 4.51. The number of amides is 1. The number of methoxy groups -OCH3 is 1.